The molecule has 1 aliphatic rings. The summed E-state index contributed by atoms with van der Waals surface area (Å²) in [6.07, 6.45) is 3.09. The fraction of sp³-hybridized carbons (Fsp3) is 0.800. The van der Waals surface area contributed by atoms with E-state index in [0.29, 0.717) is 0 Å². The number of hydrogen-bond acceptors (Lipinski definition) is 2. The number of nitrogens with zero attached hydrogens (tertiary/aromatic N) is 2. The predicted octanol–water partition coefficient (Wildman–Crippen LogP) is 1.70. The Morgan fingerprint density at radius 1 is 1.71 bits per heavy atom. The Hall–Kier alpha value is -0.900. The number of aliphatic imine (C=N–C) groups is 1. The first kappa shape index (κ1) is 11.2. The molecule has 0 N–H and O–H groups in total. The van der Waals surface area contributed by atoms with Crippen molar-refractivity contribution >= 4 is 12.7 Å². The highest BCUT2D eigenvalue weighted by atomic mass is 16.5. The van der Waals surface area contributed by atoms with Gasteiger partial charge in [0, 0.05) is 19.7 Å². The van der Waals surface area contributed by atoms with Crippen molar-refractivity contribution in [1.29, 1.82) is 0 Å². The van der Waals surface area contributed by atoms with E-state index in [4.69, 9.17) is 4.74 Å². The molecule has 1 saturated heterocycles. The molecule has 80 valence electrons. The van der Waals surface area contributed by atoms with Crippen molar-refractivity contribution in [3.8, 4) is 0 Å². The fourth-order valence-corrected chi connectivity index (χ4v) is 1.76. The summed E-state index contributed by atoms with van der Waals surface area (Å²) in [7, 11) is 1.78. The first-order valence-corrected chi connectivity index (χ1v) is 5.04. The maximum atomic E-state index is 11.3. The number of urea groups is 1. The molecule has 4 nitrogen and oxygen atoms in total. The highest BCUT2D eigenvalue weighted by molar-refractivity contribution is 5.78. The zero-order valence-corrected chi connectivity index (χ0v) is 8.90. The van der Waals surface area contributed by atoms with Gasteiger partial charge in [0.25, 0.3) is 0 Å². The summed E-state index contributed by atoms with van der Waals surface area (Å²) in [5.41, 5.74) is 0. The molecule has 2 amide bonds. The monoisotopic (exact) mass is 198 g/mol. The summed E-state index contributed by atoms with van der Waals surface area (Å²) in [6, 6.07) is 0.0125. The average molecular weight is 198 g/mol. The van der Waals surface area contributed by atoms with E-state index in [9.17, 15) is 4.79 Å². The quantitative estimate of drug-likeness (QED) is 0.634. The smallest absolute Gasteiger partial charge is 0.342 e. The standard InChI is InChI=1S/C10H18N2O2/c1-4-9-7-8(5-6-14-9)12(3)10(13)11-2/h8-9H,2,4-7H2,1,3H3/t8-,9-/m0/s1. The molecule has 0 spiro atoms. The van der Waals surface area contributed by atoms with Gasteiger partial charge < -0.3 is 9.64 Å². The number of carbonyl (C=O) groups is 1. The zero-order valence-electron chi connectivity index (χ0n) is 8.90. The summed E-state index contributed by atoms with van der Waals surface area (Å²) in [6.45, 7) is 6.08. The van der Waals surface area contributed by atoms with Gasteiger partial charge in [0.2, 0.25) is 0 Å². The zero-order chi connectivity index (χ0) is 10.6. The molecule has 2 atom stereocenters. The van der Waals surface area contributed by atoms with Gasteiger partial charge in [-0.25, -0.2) is 9.79 Å². The van der Waals surface area contributed by atoms with Crippen molar-refractivity contribution in [1.82, 2.24) is 4.90 Å². The second-order valence-corrected chi connectivity index (χ2v) is 3.63. The molecule has 0 radical (unpaired) electrons. The SMILES string of the molecule is C=NC(=O)N(C)[C@H]1CCO[C@@H](CC)C1. The van der Waals surface area contributed by atoms with Crippen molar-refractivity contribution in [2.45, 2.75) is 38.3 Å². The summed E-state index contributed by atoms with van der Waals surface area (Å²) in [5, 5.41) is 0. The first-order chi connectivity index (χ1) is 6.69. The second-order valence-electron chi connectivity index (χ2n) is 3.63. The number of ether oxygens (including phenoxy) is 1. The Morgan fingerprint density at radius 3 is 3.00 bits per heavy atom. The number of carbonyl (C=O) groups excluding carboxylic acids is 1. The molecule has 0 saturated carbocycles. The van der Waals surface area contributed by atoms with Gasteiger partial charge in [0.15, 0.2) is 0 Å². The van der Waals surface area contributed by atoms with Crippen LogP contribution in [0.4, 0.5) is 4.79 Å². The Balaban J connectivity index is 2.50. The number of hydrogen-bond donors (Lipinski definition) is 0. The summed E-state index contributed by atoms with van der Waals surface area (Å²) in [5.74, 6) is 0. The molecule has 14 heavy (non-hydrogen) atoms. The second kappa shape index (κ2) is 5.10. The first-order valence-electron chi connectivity index (χ1n) is 5.04. The molecule has 1 rings (SSSR count). The largest absolute Gasteiger partial charge is 0.378 e. The van der Waals surface area contributed by atoms with E-state index in [1.165, 1.54) is 0 Å². The van der Waals surface area contributed by atoms with E-state index < -0.39 is 0 Å². The van der Waals surface area contributed by atoms with Gasteiger partial charge in [0.05, 0.1) is 6.10 Å². The van der Waals surface area contributed by atoms with Gasteiger partial charge in [0.1, 0.15) is 0 Å². The van der Waals surface area contributed by atoms with Gasteiger partial charge in [-0.15, -0.1) is 0 Å². The molecule has 1 heterocycles. The lowest BCUT2D eigenvalue weighted by atomic mass is 10.0. The molecular weight excluding hydrogens is 180 g/mol. The minimum Gasteiger partial charge on any atom is -0.378 e. The molecule has 0 aromatic heterocycles. The van der Waals surface area contributed by atoms with Crippen LogP contribution in [0.25, 0.3) is 0 Å². The van der Waals surface area contributed by atoms with Crippen LogP contribution in [-0.4, -0.2) is 43.4 Å². The molecule has 0 aliphatic carbocycles. The summed E-state index contributed by atoms with van der Waals surface area (Å²) in [4.78, 5) is 16.3. The molecule has 0 aromatic carbocycles. The van der Waals surface area contributed by atoms with E-state index in [1.807, 2.05) is 0 Å². The Kier molecular flexibility index (Phi) is 4.07. The van der Waals surface area contributed by atoms with Crippen molar-refractivity contribution < 1.29 is 9.53 Å². The van der Waals surface area contributed by atoms with Crippen molar-refractivity contribution in [3.05, 3.63) is 0 Å². The Labute approximate surface area is 84.9 Å². The van der Waals surface area contributed by atoms with E-state index in [2.05, 4.69) is 18.6 Å². The average Bonchev–Trinajstić information content (AvgIpc) is 2.27. The van der Waals surface area contributed by atoms with Gasteiger partial charge in [-0.1, -0.05) is 6.92 Å². The van der Waals surface area contributed by atoms with Gasteiger partial charge in [-0.3, -0.25) is 0 Å². The lowest BCUT2D eigenvalue weighted by Crippen LogP contribution is -2.42. The van der Waals surface area contributed by atoms with Crippen molar-refractivity contribution in [2.75, 3.05) is 13.7 Å². The third-order valence-corrected chi connectivity index (χ3v) is 2.78. The van der Waals surface area contributed by atoms with E-state index in [0.717, 1.165) is 25.9 Å². The van der Waals surface area contributed by atoms with Crippen LogP contribution in [0.5, 0.6) is 0 Å². The molecular formula is C10H18N2O2. The normalized spacial score (nSPS) is 27.0. The van der Waals surface area contributed by atoms with E-state index in [-0.39, 0.29) is 18.2 Å². The predicted molar refractivity (Wildman–Crippen MR) is 55.8 cm³/mol. The van der Waals surface area contributed by atoms with Gasteiger partial charge in [-0.2, -0.15) is 0 Å². The van der Waals surface area contributed by atoms with Crippen molar-refractivity contribution in [3.63, 3.8) is 0 Å². The number of rotatable bonds is 2. The highest BCUT2D eigenvalue weighted by Crippen LogP contribution is 2.20. The minimum atomic E-state index is -0.244. The van der Waals surface area contributed by atoms with Gasteiger partial charge >= 0.3 is 6.03 Å². The van der Waals surface area contributed by atoms with Crippen LogP contribution >= 0.6 is 0 Å². The lowest BCUT2D eigenvalue weighted by Gasteiger charge is -2.34. The third-order valence-electron chi connectivity index (χ3n) is 2.78. The summed E-state index contributed by atoms with van der Waals surface area (Å²) < 4.78 is 5.54. The van der Waals surface area contributed by atoms with Crippen LogP contribution in [0, 0.1) is 0 Å². The number of amides is 2. The topological polar surface area (TPSA) is 41.9 Å². The Morgan fingerprint density at radius 2 is 2.43 bits per heavy atom. The van der Waals surface area contributed by atoms with Crippen molar-refractivity contribution in [2.24, 2.45) is 4.99 Å². The molecule has 0 bridgehead atoms. The molecule has 0 unspecified atom stereocenters. The van der Waals surface area contributed by atoms with Crippen LogP contribution in [0.1, 0.15) is 26.2 Å². The van der Waals surface area contributed by atoms with E-state index >= 15 is 0 Å². The maximum Gasteiger partial charge on any atom is 0.342 e. The Bertz CT molecular complexity index is 218. The highest BCUT2D eigenvalue weighted by Gasteiger charge is 2.26. The minimum absolute atomic E-state index is 0.244. The third kappa shape index (κ3) is 2.54. The van der Waals surface area contributed by atoms with Crippen LogP contribution in [0.3, 0.4) is 0 Å². The molecule has 1 aliphatic heterocycles. The van der Waals surface area contributed by atoms with Gasteiger partial charge in [-0.05, 0) is 26.0 Å². The van der Waals surface area contributed by atoms with Crippen LogP contribution in [0.2, 0.25) is 0 Å². The maximum absolute atomic E-state index is 11.3. The van der Waals surface area contributed by atoms with Crippen LogP contribution in [-0.2, 0) is 4.74 Å². The van der Waals surface area contributed by atoms with Crippen LogP contribution in [0.15, 0.2) is 4.99 Å². The summed E-state index contributed by atoms with van der Waals surface area (Å²) >= 11 is 0. The molecule has 1 fully saturated rings. The molecule has 4 heteroatoms. The molecule has 0 aromatic rings. The lowest BCUT2D eigenvalue weighted by molar-refractivity contribution is -0.0153. The van der Waals surface area contributed by atoms with Crippen LogP contribution < -0.4 is 0 Å². The van der Waals surface area contributed by atoms with E-state index in [1.54, 1.807) is 11.9 Å². The fourth-order valence-electron chi connectivity index (χ4n) is 1.76.